The van der Waals surface area contributed by atoms with Crippen LogP contribution in [0.2, 0.25) is 0 Å². The topological polar surface area (TPSA) is 95.5 Å². The number of H-pyrrole nitrogens is 1. The van der Waals surface area contributed by atoms with Crippen molar-refractivity contribution in [1.29, 1.82) is 0 Å². The van der Waals surface area contributed by atoms with Gasteiger partial charge in [0.2, 0.25) is 5.91 Å². The number of carbonyl (C=O) groups excluding carboxylic acids is 2. The van der Waals surface area contributed by atoms with Crippen LogP contribution in [-0.2, 0) is 11.3 Å². The molecule has 0 spiro atoms. The summed E-state index contributed by atoms with van der Waals surface area (Å²) in [5, 5.41) is 4.98. The molecular formula is C25H22N4O4. The van der Waals surface area contributed by atoms with E-state index in [0.717, 1.165) is 15.5 Å². The number of amides is 2. The molecule has 0 radical (unpaired) electrons. The third-order valence-electron chi connectivity index (χ3n) is 6.12. The Kier molecular flexibility index (Phi) is 5.26. The highest BCUT2D eigenvalue weighted by molar-refractivity contribution is 6.07. The van der Waals surface area contributed by atoms with Crippen molar-refractivity contribution >= 4 is 33.4 Å². The van der Waals surface area contributed by atoms with Crippen LogP contribution in [0, 0.1) is 0 Å². The van der Waals surface area contributed by atoms with Crippen molar-refractivity contribution in [3.8, 4) is 0 Å². The lowest BCUT2D eigenvalue weighted by atomic mass is 10.0. The van der Waals surface area contributed by atoms with E-state index in [1.54, 1.807) is 34.1 Å². The number of fused-ring (bicyclic) bond motifs is 2. The fraction of sp³-hybridized carbons (Fsp3) is 0.200. The van der Waals surface area contributed by atoms with Crippen LogP contribution in [0.15, 0.2) is 76.3 Å². The monoisotopic (exact) mass is 442 g/mol. The van der Waals surface area contributed by atoms with Crippen LogP contribution in [0.5, 0.6) is 0 Å². The highest BCUT2D eigenvalue weighted by Gasteiger charge is 2.26. The second-order valence-corrected chi connectivity index (χ2v) is 8.08. The average Bonchev–Trinajstić information content (AvgIpc) is 2.86. The minimum absolute atomic E-state index is 0.0611. The number of aromatic nitrogens is 2. The average molecular weight is 442 g/mol. The third-order valence-corrected chi connectivity index (χ3v) is 6.12. The van der Waals surface area contributed by atoms with Gasteiger partial charge < -0.3 is 9.80 Å². The van der Waals surface area contributed by atoms with E-state index in [2.05, 4.69) is 5.10 Å². The van der Waals surface area contributed by atoms with Gasteiger partial charge in [-0.25, -0.2) is 4.68 Å². The maximum atomic E-state index is 13.1. The first kappa shape index (κ1) is 20.7. The Morgan fingerprint density at radius 2 is 1.33 bits per heavy atom. The minimum atomic E-state index is -0.414. The number of nitrogens with zero attached hydrogens (tertiary/aromatic N) is 3. The number of hydrogen-bond donors (Lipinski definition) is 1. The first-order chi connectivity index (χ1) is 16.0. The molecule has 0 unspecified atom stereocenters. The Labute approximate surface area is 188 Å². The number of benzene rings is 3. The van der Waals surface area contributed by atoms with E-state index in [1.807, 2.05) is 42.5 Å². The van der Waals surface area contributed by atoms with E-state index in [0.29, 0.717) is 37.1 Å². The van der Waals surface area contributed by atoms with E-state index in [4.69, 9.17) is 0 Å². The molecule has 5 rings (SSSR count). The summed E-state index contributed by atoms with van der Waals surface area (Å²) in [5.74, 6) is -0.339. The zero-order valence-corrected chi connectivity index (χ0v) is 17.9. The van der Waals surface area contributed by atoms with Gasteiger partial charge >= 0.3 is 0 Å². The van der Waals surface area contributed by atoms with Crippen LogP contribution in [0.25, 0.3) is 21.5 Å². The SMILES string of the molecule is O=C(Cn1[nH]c(=O)c2ccccc2c1=O)N1CCN(C(=O)c2cccc3ccccc23)CC1. The van der Waals surface area contributed by atoms with Crippen LogP contribution in [0.4, 0.5) is 0 Å². The fourth-order valence-corrected chi connectivity index (χ4v) is 4.33. The summed E-state index contributed by atoms with van der Waals surface area (Å²) < 4.78 is 1.06. The number of aromatic amines is 1. The zero-order chi connectivity index (χ0) is 22.9. The summed E-state index contributed by atoms with van der Waals surface area (Å²) in [6.45, 7) is 1.27. The van der Waals surface area contributed by atoms with Crippen molar-refractivity contribution in [2.24, 2.45) is 0 Å². The summed E-state index contributed by atoms with van der Waals surface area (Å²) in [6, 6.07) is 20.0. The molecule has 1 aliphatic heterocycles. The first-order valence-corrected chi connectivity index (χ1v) is 10.8. The van der Waals surface area contributed by atoms with Gasteiger partial charge in [-0.15, -0.1) is 0 Å². The predicted molar refractivity (Wildman–Crippen MR) is 125 cm³/mol. The summed E-state index contributed by atoms with van der Waals surface area (Å²) in [7, 11) is 0. The molecule has 1 aliphatic rings. The molecule has 166 valence electrons. The largest absolute Gasteiger partial charge is 0.338 e. The summed E-state index contributed by atoms with van der Waals surface area (Å²) in [6.07, 6.45) is 0. The van der Waals surface area contributed by atoms with Gasteiger partial charge in [0.05, 0.1) is 10.8 Å². The molecule has 0 atom stereocenters. The highest BCUT2D eigenvalue weighted by Crippen LogP contribution is 2.20. The molecule has 8 nitrogen and oxygen atoms in total. The fourth-order valence-electron chi connectivity index (χ4n) is 4.33. The van der Waals surface area contributed by atoms with Gasteiger partial charge in [0.15, 0.2) is 0 Å². The van der Waals surface area contributed by atoms with Gasteiger partial charge in [0, 0.05) is 31.7 Å². The standard InChI is InChI=1S/C25H22N4O4/c30-22(16-29-25(33)21-10-4-3-9-19(21)23(31)26-29)27-12-14-28(15-13-27)24(32)20-11-5-7-17-6-1-2-8-18(17)20/h1-11H,12-16H2,(H,26,31). The maximum Gasteiger partial charge on any atom is 0.273 e. The lowest BCUT2D eigenvalue weighted by Gasteiger charge is -2.35. The summed E-state index contributed by atoms with van der Waals surface area (Å²) >= 11 is 0. The van der Waals surface area contributed by atoms with Crippen molar-refractivity contribution in [3.05, 3.63) is 93.0 Å². The predicted octanol–water partition coefficient (Wildman–Crippen LogP) is 1.83. The quantitative estimate of drug-likeness (QED) is 0.524. The van der Waals surface area contributed by atoms with Crippen LogP contribution in [-0.4, -0.2) is 57.6 Å². The van der Waals surface area contributed by atoms with Crippen molar-refractivity contribution in [2.45, 2.75) is 6.54 Å². The molecule has 0 bridgehead atoms. The van der Waals surface area contributed by atoms with Gasteiger partial charge in [0.25, 0.3) is 17.0 Å². The normalized spacial score (nSPS) is 14.1. The summed E-state index contributed by atoms with van der Waals surface area (Å²) in [4.78, 5) is 54.3. The molecule has 1 N–H and O–H groups in total. The van der Waals surface area contributed by atoms with Gasteiger partial charge in [-0.2, -0.15) is 0 Å². The molecule has 33 heavy (non-hydrogen) atoms. The highest BCUT2D eigenvalue weighted by atomic mass is 16.2. The second-order valence-electron chi connectivity index (χ2n) is 8.08. The Balaban J connectivity index is 1.29. The number of piperazine rings is 1. The number of hydrogen-bond acceptors (Lipinski definition) is 4. The molecule has 2 amide bonds. The van der Waals surface area contributed by atoms with E-state index in [-0.39, 0.29) is 23.7 Å². The van der Waals surface area contributed by atoms with Gasteiger partial charge in [-0.1, -0.05) is 48.5 Å². The minimum Gasteiger partial charge on any atom is -0.338 e. The number of rotatable bonds is 3. The molecule has 8 heteroatoms. The molecule has 1 aromatic heterocycles. The van der Waals surface area contributed by atoms with Crippen molar-refractivity contribution in [1.82, 2.24) is 19.6 Å². The lowest BCUT2D eigenvalue weighted by molar-refractivity contribution is -0.133. The lowest BCUT2D eigenvalue weighted by Crippen LogP contribution is -2.52. The molecule has 4 aromatic rings. The van der Waals surface area contributed by atoms with E-state index >= 15 is 0 Å². The van der Waals surface area contributed by atoms with E-state index < -0.39 is 11.1 Å². The molecule has 2 heterocycles. The number of nitrogens with one attached hydrogen (secondary N) is 1. The Morgan fingerprint density at radius 3 is 2.09 bits per heavy atom. The smallest absolute Gasteiger partial charge is 0.273 e. The van der Waals surface area contributed by atoms with E-state index in [9.17, 15) is 19.2 Å². The van der Waals surface area contributed by atoms with Crippen molar-refractivity contribution in [3.63, 3.8) is 0 Å². The molecule has 1 fully saturated rings. The van der Waals surface area contributed by atoms with Gasteiger partial charge in [0.1, 0.15) is 6.54 Å². The number of carbonyl (C=O) groups is 2. The van der Waals surface area contributed by atoms with Gasteiger partial charge in [-0.3, -0.25) is 24.3 Å². The summed E-state index contributed by atoms with van der Waals surface area (Å²) in [5.41, 5.74) is -0.181. The van der Waals surface area contributed by atoms with Crippen LogP contribution in [0.3, 0.4) is 0 Å². The zero-order valence-electron chi connectivity index (χ0n) is 17.9. The maximum absolute atomic E-state index is 13.1. The Hall–Kier alpha value is -4.20. The van der Waals surface area contributed by atoms with Crippen LogP contribution < -0.4 is 11.1 Å². The molecule has 0 saturated carbocycles. The third kappa shape index (κ3) is 3.80. The van der Waals surface area contributed by atoms with E-state index in [1.165, 1.54) is 0 Å². The van der Waals surface area contributed by atoms with Crippen molar-refractivity contribution < 1.29 is 9.59 Å². The second kappa shape index (κ2) is 8.38. The van der Waals surface area contributed by atoms with Crippen molar-refractivity contribution in [2.75, 3.05) is 26.2 Å². The first-order valence-electron chi connectivity index (χ1n) is 10.8. The van der Waals surface area contributed by atoms with Gasteiger partial charge in [-0.05, 0) is 29.0 Å². The molecule has 1 saturated heterocycles. The molecule has 0 aliphatic carbocycles. The Bertz CT molecular complexity index is 1490. The Morgan fingerprint density at radius 1 is 0.727 bits per heavy atom. The molecular weight excluding hydrogens is 420 g/mol. The van der Waals surface area contributed by atoms with Crippen LogP contribution in [0.1, 0.15) is 10.4 Å². The van der Waals surface area contributed by atoms with Crippen LogP contribution >= 0.6 is 0 Å². The molecule has 3 aromatic carbocycles.